The number of ether oxygens (including phenoxy) is 1. The summed E-state index contributed by atoms with van der Waals surface area (Å²) >= 11 is 0. The van der Waals surface area contributed by atoms with Crippen molar-refractivity contribution < 1.29 is 24.1 Å². The number of allylic oxidation sites excluding steroid dienone is 1. The summed E-state index contributed by atoms with van der Waals surface area (Å²) in [7, 11) is 0. The Labute approximate surface area is 178 Å². The smallest absolute Gasteiger partial charge is 0.365 e. The third kappa shape index (κ3) is 4.09. The van der Waals surface area contributed by atoms with Crippen LogP contribution in [0.3, 0.4) is 0 Å². The van der Waals surface area contributed by atoms with Crippen LogP contribution in [0, 0.1) is 15.5 Å². The van der Waals surface area contributed by atoms with Crippen LogP contribution in [-0.4, -0.2) is 22.6 Å². The highest BCUT2D eigenvalue weighted by atomic mass is 16.7. The van der Waals surface area contributed by atoms with Gasteiger partial charge in [-0.2, -0.15) is 0 Å². The Morgan fingerprint density at radius 3 is 2.45 bits per heavy atom. The van der Waals surface area contributed by atoms with Crippen LogP contribution in [0.25, 0.3) is 0 Å². The summed E-state index contributed by atoms with van der Waals surface area (Å²) < 4.78 is 5.92. The Balaban J connectivity index is 1.62. The molecule has 1 unspecified atom stereocenters. The van der Waals surface area contributed by atoms with E-state index in [2.05, 4.69) is 5.16 Å². The molecule has 1 heterocycles. The monoisotopic (exact) mass is 420 g/mol. The molecule has 31 heavy (non-hydrogen) atoms. The average Bonchev–Trinajstić information content (AvgIpc) is 3.10. The lowest BCUT2D eigenvalue weighted by Gasteiger charge is -2.28. The van der Waals surface area contributed by atoms with Gasteiger partial charge >= 0.3 is 5.97 Å². The SMILES string of the molecule is CC1(C)CC(=O)C2=C(C1)O/C(=N\OC(=O)c1ccc([N+](=O)[O-])cc1)C2c1ccccc1. The van der Waals surface area contributed by atoms with Gasteiger partial charge in [0.2, 0.25) is 5.90 Å². The number of hydrogen-bond donors (Lipinski definition) is 0. The number of nitro groups is 1. The molecule has 2 aromatic rings. The molecule has 1 aliphatic carbocycles. The molecule has 0 spiro atoms. The van der Waals surface area contributed by atoms with E-state index in [4.69, 9.17) is 9.57 Å². The number of nitrogens with zero attached hydrogens (tertiary/aromatic N) is 2. The Hall–Kier alpha value is -3.81. The molecule has 0 saturated carbocycles. The first-order valence-electron chi connectivity index (χ1n) is 9.78. The molecular weight excluding hydrogens is 400 g/mol. The number of nitro benzene ring substituents is 1. The fourth-order valence-electron chi connectivity index (χ4n) is 3.88. The molecule has 0 saturated heterocycles. The van der Waals surface area contributed by atoms with Crippen molar-refractivity contribution in [1.29, 1.82) is 0 Å². The molecule has 0 bridgehead atoms. The standard InChI is InChI=1S/C23H20N2O6/c1-23(2)12-17(26)20-18(13-23)30-21(19(20)14-6-4-3-5-7-14)24-31-22(27)15-8-10-16(11-9-15)25(28)29/h3-11,19H,12-13H2,1-2H3/b24-21-. The van der Waals surface area contributed by atoms with Crippen molar-refractivity contribution in [3.63, 3.8) is 0 Å². The quantitative estimate of drug-likeness (QED) is 0.409. The lowest BCUT2D eigenvalue weighted by molar-refractivity contribution is -0.384. The Morgan fingerprint density at radius 2 is 1.81 bits per heavy atom. The number of rotatable bonds is 4. The van der Waals surface area contributed by atoms with Gasteiger partial charge in [0, 0.05) is 25.0 Å². The summed E-state index contributed by atoms with van der Waals surface area (Å²) in [5.74, 6) is -0.663. The van der Waals surface area contributed by atoms with Crippen LogP contribution in [0.1, 0.15) is 48.5 Å². The maximum Gasteiger partial charge on any atom is 0.365 e. The predicted molar refractivity (Wildman–Crippen MR) is 111 cm³/mol. The van der Waals surface area contributed by atoms with Crippen LogP contribution < -0.4 is 0 Å². The van der Waals surface area contributed by atoms with Gasteiger partial charge in [0.05, 0.1) is 22.0 Å². The fraction of sp³-hybridized carbons (Fsp3) is 0.261. The summed E-state index contributed by atoms with van der Waals surface area (Å²) in [6.45, 7) is 4.00. The van der Waals surface area contributed by atoms with E-state index < -0.39 is 16.8 Å². The van der Waals surface area contributed by atoms with Crippen molar-refractivity contribution in [2.75, 3.05) is 0 Å². The lowest BCUT2D eigenvalue weighted by atomic mass is 9.73. The van der Waals surface area contributed by atoms with Crippen molar-refractivity contribution in [2.45, 2.75) is 32.6 Å². The lowest BCUT2D eigenvalue weighted by Crippen LogP contribution is -2.26. The van der Waals surface area contributed by atoms with Gasteiger partial charge in [-0.15, -0.1) is 0 Å². The zero-order chi connectivity index (χ0) is 22.2. The van der Waals surface area contributed by atoms with Gasteiger partial charge in [-0.1, -0.05) is 44.2 Å². The molecule has 0 fully saturated rings. The van der Waals surface area contributed by atoms with E-state index in [9.17, 15) is 19.7 Å². The minimum absolute atomic E-state index is 0.00741. The number of oxime groups is 1. The molecule has 2 aromatic carbocycles. The van der Waals surface area contributed by atoms with E-state index in [-0.39, 0.29) is 28.3 Å². The molecule has 0 amide bonds. The highest BCUT2D eigenvalue weighted by molar-refractivity contribution is 6.08. The number of non-ortho nitro benzene ring substituents is 1. The van der Waals surface area contributed by atoms with E-state index in [0.717, 1.165) is 5.56 Å². The Kier molecular flexibility index (Phi) is 5.14. The van der Waals surface area contributed by atoms with E-state index >= 15 is 0 Å². The van der Waals surface area contributed by atoms with E-state index in [1.165, 1.54) is 24.3 Å². The van der Waals surface area contributed by atoms with Crippen molar-refractivity contribution in [2.24, 2.45) is 10.6 Å². The van der Waals surface area contributed by atoms with Crippen molar-refractivity contribution in [3.05, 3.63) is 87.2 Å². The molecule has 1 aliphatic heterocycles. The molecule has 0 radical (unpaired) electrons. The number of carbonyl (C=O) groups excluding carboxylic acids is 2. The van der Waals surface area contributed by atoms with Gasteiger partial charge in [-0.25, -0.2) is 4.79 Å². The van der Waals surface area contributed by atoms with Crippen molar-refractivity contribution in [1.82, 2.24) is 0 Å². The topological polar surface area (TPSA) is 108 Å². The highest BCUT2D eigenvalue weighted by Crippen LogP contribution is 2.47. The van der Waals surface area contributed by atoms with Crippen LogP contribution >= 0.6 is 0 Å². The highest BCUT2D eigenvalue weighted by Gasteiger charge is 2.45. The second-order valence-corrected chi connectivity index (χ2v) is 8.34. The molecule has 0 N–H and O–H groups in total. The van der Waals surface area contributed by atoms with E-state index in [1.807, 2.05) is 44.2 Å². The van der Waals surface area contributed by atoms with Gasteiger partial charge in [-0.05, 0) is 28.3 Å². The fourth-order valence-corrected chi connectivity index (χ4v) is 3.88. The first kappa shape index (κ1) is 20.5. The van der Waals surface area contributed by atoms with Gasteiger partial charge in [0.1, 0.15) is 5.76 Å². The first-order chi connectivity index (χ1) is 14.7. The largest absolute Gasteiger partial charge is 0.443 e. The van der Waals surface area contributed by atoms with Gasteiger partial charge < -0.3 is 9.57 Å². The maximum atomic E-state index is 12.9. The second kappa shape index (κ2) is 7.79. The molecule has 8 nitrogen and oxygen atoms in total. The molecule has 8 heteroatoms. The Bertz CT molecular complexity index is 1120. The molecule has 0 aromatic heterocycles. The summed E-state index contributed by atoms with van der Waals surface area (Å²) in [5, 5.41) is 14.7. The molecular formula is C23H20N2O6. The van der Waals surface area contributed by atoms with E-state index in [1.54, 1.807) is 0 Å². The maximum absolute atomic E-state index is 12.9. The van der Waals surface area contributed by atoms with Crippen LogP contribution in [0.2, 0.25) is 0 Å². The number of benzene rings is 2. The third-order valence-electron chi connectivity index (χ3n) is 5.31. The molecule has 4 rings (SSSR count). The number of carbonyl (C=O) groups is 2. The third-order valence-corrected chi connectivity index (χ3v) is 5.31. The predicted octanol–water partition coefficient (Wildman–Crippen LogP) is 4.52. The number of ketones is 1. The average molecular weight is 420 g/mol. The summed E-state index contributed by atoms with van der Waals surface area (Å²) in [4.78, 5) is 40.6. The molecule has 1 atom stereocenters. The summed E-state index contributed by atoms with van der Waals surface area (Å²) in [5.41, 5.74) is 1.10. The van der Waals surface area contributed by atoms with Gasteiger partial charge in [0.15, 0.2) is 5.78 Å². The zero-order valence-electron chi connectivity index (χ0n) is 17.0. The van der Waals surface area contributed by atoms with Crippen molar-refractivity contribution in [3.8, 4) is 0 Å². The minimum atomic E-state index is -0.783. The zero-order valence-corrected chi connectivity index (χ0v) is 17.0. The number of hydrogen-bond acceptors (Lipinski definition) is 7. The van der Waals surface area contributed by atoms with Crippen molar-refractivity contribution >= 4 is 23.3 Å². The summed E-state index contributed by atoms with van der Waals surface area (Å²) in [6, 6.07) is 14.3. The van der Waals surface area contributed by atoms with Crippen LogP contribution in [0.4, 0.5) is 5.69 Å². The molecule has 2 aliphatic rings. The minimum Gasteiger partial charge on any atom is -0.443 e. The van der Waals surface area contributed by atoms with Gasteiger partial charge in [-0.3, -0.25) is 14.9 Å². The normalized spacial score (nSPS) is 20.9. The first-order valence-corrected chi connectivity index (χ1v) is 9.78. The number of Topliss-reactive ketones (excluding diaryl/α,β-unsaturated/α-hetero) is 1. The van der Waals surface area contributed by atoms with Crippen LogP contribution in [-0.2, 0) is 14.4 Å². The molecule has 158 valence electrons. The second-order valence-electron chi connectivity index (χ2n) is 8.34. The summed E-state index contributed by atoms with van der Waals surface area (Å²) in [6.07, 6.45) is 0.973. The van der Waals surface area contributed by atoms with Gasteiger partial charge in [0.25, 0.3) is 5.69 Å². The van der Waals surface area contributed by atoms with Crippen LogP contribution in [0.15, 0.2) is 71.1 Å². The van der Waals surface area contributed by atoms with E-state index in [0.29, 0.717) is 24.2 Å². The Morgan fingerprint density at radius 1 is 1.13 bits per heavy atom. The van der Waals surface area contributed by atoms with Crippen LogP contribution in [0.5, 0.6) is 0 Å².